The molecule has 0 aliphatic heterocycles. The number of phenols is 1. The van der Waals surface area contributed by atoms with Crippen LogP contribution < -0.4 is 0 Å². The fourth-order valence-electron chi connectivity index (χ4n) is 0.871. The molecular formula is C8H4BrF3O2. The van der Waals surface area contributed by atoms with Crippen LogP contribution in [0.2, 0.25) is 0 Å². The van der Waals surface area contributed by atoms with E-state index in [-0.39, 0.29) is 4.47 Å². The number of halogens is 4. The number of benzene rings is 1. The number of hydrogen-bond donors (Lipinski definition) is 1. The lowest BCUT2D eigenvalue weighted by Gasteiger charge is -2.04. The van der Waals surface area contributed by atoms with Crippen molar-refractivity contribution >= 4 is 21.7 Å². The Bertz CT molecular complexity index is 379. The van der Waals surface area contributed by atoms with Crippen LogP contribution in [-0.4, -0.2) is 17.3 Å². The van der Waals surface area contributed by atoms with Gasteiger partial charge in [-0.15, -0.1) is 0 Å². The van der Waals surface area contributed by atoms with Gasteiger partial charge in [0, 0.05) is 4.47 Å². The molecule has 0 unspecified atom stereocenters. The van der Waals surface area contributed by atoms with Crippen LogP contribution in [0.1, 0.15) is 10.4 Å². The Hall–Kier alpha value is -1.04. The molecule has 0 radical (unpaired) electrons. The van der Waals surface area contributed by atoms with Crippen molar-refractivity contribution in [2.45, 2.75) is 6.43 Å². The van der Waals surface area contributed by atoms with Gasteiger partial charge in [0.05, 0.1) is 5.56 Å². The van der Waals surface area contributed by atoms with Crippen molar-refractivity contribution in [2.75, 3.05) is 0 Å². The van der Waals surface area contributed by atoms with Gasteiger partial charge < -0.3 is 5.11 Å². The number of hydrogen-bond acceptors (Lipinski definition) is 2. The monoisotopic (exact) mass is 268 g/mol. The third kappa shape index (κ3) is 2.06. The summed E-state index contributed by atoms with van der Waals surface area (Å²) in [4.78, 5) is 10.8. The Morgan fingerprint density at radius 1 is 1.43 bits per heavy atom. The van der Waals surface area contributed by atoms with E-state index in [0.717, 1.165) is 12.1 Å². The van der Waals surface area contributed by atoms with Gasteiger partial charge in [0.2, 0.25) is 5.78 Å². The van der Waals surface area contributed by atoms with E-state index in [1.165, 1.54) is 0 Å². The van der Waals surface area contributed by atoms with Crippen LogP contribution in [0, 0.1) is 5.82 Å². The summed E-state index contributed by atoms with van der Waals surface area (Å²) in [6.45, 7) is 0. The van der Waals surface area contributed by atoms with Gasteiger partial charge in [-0.2, -0.15) is 0 Å². The molecule has 76 valence electrons. The lowest BCUT2D eigenvalue weighted by Crippen LogP contribution is -2.10. The second kappa shape index (κ2) is 4.00. The summed E-state index contributed by atoms with van der Waals surface area (Å²) in [5.74, 6) is -3.79. The molecule has 6 heteroatoms. The molecule has 1 aromatic rings. The molecule has 1 aromatic carbocycles. The van der Waals surface area contributed by atoms with Crippen LogP contribution in [0.3, 0.4) is 0 Å². The minimum Gasteiger partial charge on any atom is -0.504 e. The molecule has 1 N–H and O–H groups in total. The highest BCUT2D eigenvalue weighted by molar-refractivity contribution is 9.10. The number of Topliss-reactive ketones (excluding diaryl/α,β-unsaturated/α-hetero) is 1. The molecule has 14 heavy (non-hydrogen) atoms. The first-order valence-corrected chi connectivity index (χ1v) is 4.23. The first-order chi connectivity index (χ1) is 6.43. The predicted molar refractivity (Wildman–Crippen MR) is 46.1 cm³/mol. The Kier molecular flexibility index (Phi) is 3.15. The fourth-order valence-corrected chi connectivity index (χ4v) is 1.30. The summed E-state index contributed by atoms with van der Waals surface area (Å²) in [5.41, 5.74) is -0.730. The molecule has 0 heterocycles. The SMILES string of the molecule is O=C(c1cc(Br)cc(F)c1O)C(F)F. The van der Waals surface area contributed by atoms with Crippen LogP contribution in [0.15, 0.2) is 16.6 Å². The quantitative estimate of drug-likeness (QED) is 0.838. The van der Waals surface area contributed by atoms with E-state index in [4.69, 9.17) is 5.11 Å². The number of phenolic OH excluding ortho intramolecular Hbond substituents is 1. The molecule has 0 saturated heterocycles. The number of carbonyl (C=O) groups excluding carboxylic acids is 1. The van der Waals surface area contributed by atoms with Gasteiger partial charge in [0.15, 0.2) is 11.6 Å². The topological polar surface area (TPSA) is 37.3 Å². The van der Waals surface area contributed by atoms with Crippen molar-refractivity contribution in [1.29, 1.82) is 0 Å². The molecular weight excluding hydrogens is 265 g/mol. The lowest BCUT2D eigenvalue weighted by molar-refractivity contribution is 0.0675. The first-order valence-electron chi connectivity index (χ1n) is 3.44. The molecule has 0 aliphatic carbocycles. The van der Waals surface area contributed by atoms with Gasteiger partial charge in [-0.25, -0.2) is 13.2 Å². The third-order valence-corrected chi connectivity index (χ3v) is 1.95. The number of aromatic hydroxyl groups is 1. The smallest absolute Gasteiger partial charge is 0.300 e. The van der Waals surface area contributed by atoms with E-state index in [0.29, 0.717) is 0 Å². The maximum absolute atomic E-state index is 12.8. The van der Waals surface area contributed by atoms with Crippen LogP contribution in [-0.2, 0) is 0 Å². The molecule has 2 nitrogen and oxygen atoms in total. The summed E-state index contributed by atoms with van der Waals surface area (Å²) in [7, 11) is 0. The molecule has 0 bridgehead atoms. The van der Waals surface area contributed by atoms with Gasteiger partial charge in [0.1, 0.15) is 0 Å². The van der Waals surface area contributed by atoms with Gasteiger partial charge in [-0.05, 0) is 12.1 Å². The highest BCUT2D eigenvalue weighted by Gasteiger charge is 2.23. The Morgan fingerprint density at radius 3 is 2.50 bits per heavy atom. The second-order valence-electron chi connectivity index (χ2n) is 2.45. The van der Waals surface area contributed by atoms with E-state index in [1.54, 1.807) is 0 Å². The summed E-state index contributed by atoms with van der Waals surface area (Å²) < 4.78 is 36.8. The number of alkyl halides is 2. The van der Waals surface area contributed by atoms with E-state index in [1.807, 2.05) is 0 Å². The van der Waals surface area contributed by atoms with Gasteiger partial charge >= 0.3 is 6.43 Å². The second-order valence-corrected chi connectivity index (χ2v) is 3.36. The standard InChI is InChI=1S/C8H4BrF3O2/c9-3-1-4(7(14)8(11)12)6(13)5(10)2-3/h1-2,8,13H. The zero-order valence-electron chi connectivity index (χ0n) is 6.60. The van der Waals surface area contributed by atoms with Crippen molar-refractivity contribution in [3.63, 3.8) is 0 Å². The van der Waals surface area contributed by atoms with E-state index in [9.17, 15) is 18.0 Å². The van der Waals surface area contributed by atoms with Crippen LogP contribution in [0.25, 0.3) is 0 Å². The Labute approximate surface area is 85.5 Å². The summed E-state index contributed by atoms with van der Waals surface area (Å²) in [6.07, 6.45) is -3.27. The minimum atomic E-state index is -3.27. The summed E-state index contributed by atoms with van der Waals surface area (Å²) in [6, 6.07) is 1.81. The normalized spacial score (nSPS) is 10.6. The minimum absolute atomic E-state index is 0.108. The molecule has 0 atom stereocenters. The lowest BCUT2D eigenvalue weighted by atomic mass is 10.1. The molecule has 0 amide bonds. The molecule has 0 spiro atoms. The van der Waals surface area contributed by atoms with Gasteiger partial charge in [-0.3, -0.25) is 4.79 Å². The summed E-state index contributed by atoms with van der Waals surface area (Å²) >= 11 is 2.82. The van der Waals surface area contributed by atoms with E-state index in [2.05, 4.69) is 15.9 Å². The van der Waals surface area contributed by atoms with Crippen molar-refractivity contribution < 1.29 is 23.1 Å². The largest absolute Gasteiger partial charge is 0.504 e. The number of carbonyl (C=O) groups is 1. The Balaban J connectivity index is 3.27. The zero-order valence-corrected chi connectivity index (χ0v) is 8.19. The van der Waals surface area contributed by atoms with Crippen LogP contribution >= 0.6 is 15.9 Å². The van der Waals surface area contributed by atoms with Gasteiger partial charge in [0.25, 0.3) is 0 Å². The maximum Gasteiger partial charge on any atom is 0.300 e. The van der Waals surface area contributed by atoms with Crippen molar-refractivity contribution in [2.24, 2.45) is 0 Å². The fraction of sp³-hybridized carbons (Fsp3) is 0.125. The van der Waals surface area contributed by atoms with Crippen molar-refractivity contribution in [1.82, 2.24) is 0 Å². The molecule has 0 fully saturated rings. The Morgan fingerprint density at radius 2 is 2.00 bits per heavy atom. The zero-order chi connectivity index (χ0) is 10.9. The highest BCUT2D eigenvalue weighted by atomic mass is 79.9. The average molecular weight is 269 g/mol. The third-order valence-electron chi connectivity index (χ3n) is 1.49. The van der Waals surface area contributed by atoms with Crippen molar-refractivity contribution in [3.05, 3.63) is 28.0 Å². The first kappa shape index (κ1) is 11.0. The van der Waals surface area contributed by atoms with E-state index < -0.39 is 29.3 Å². The summed E-state index contributed by atoms with van der Waals surface area (Å²) in [5, 5.41) is 8.99. The predicted octanol–water partition coefficient (Wildman–Crippen LogP) is 2.74. The van der Waals surface area contributed by atoms with Crippen LogP contribution in [0.4, 0.5) is 13.2 Å². The molecule has 1 rings (SSSR count). The number of rotatable bonds is 2. The van der Waals surface area contributed by atoms with E-state index >= 15 is 0 Å². The highest BCUT2D eigenvalue weighted by Crippen LogP contribution is 2.27. The van der Waals surface area contributed by atoms with Gasteiger partial charge in [-0.1, -0.05) is 15.9 Å². The molecule has 0 saturated carbocycles. The van der Waals surface area contributed by atoms with Crippen LogP contribution in [0.5, 0.6) is 5.75 Å². The maximum atomic E-state index is 12.8. The average Bonchev–Trinajstić information content (AvgIpc) is 2.09. The molecule has 0 aromatic heterocycles. The number of ketones is 1. The molecule has 0 aliphatic rings. The van der Waals surface area contributed by atoms with Crippen molar-refractivity contribution in [3.8, 4) is 5.75 Å².